The average Bonchev–Trinajstić information content (AvgIpc) is 2.44. The molecule has 0 aliphatic rings. The van der Waals surface area contributed by atoms with Gasteiger partial charge in [-0.1, -0.05) is 83.3 Å². The molecule has 1 radical (unpaired) electrons. The Bertz CT molecular complexity index is 344. The second-order valence-electron chi connectivity index (χ2n) is 6.64. The highest BCUT2D eigenvalue weighted by Gasteiger charge is 1.97. The van der Waals surface area contributed by atoms with Gasteiger partial charge in [0.15, 0.2) is 0 Å². The second-order valence-corrected chi connectivity index (χ2v) is 6.64. The van der Waals surface area contributed by atoms with E-state index in [0.29, 0.717) is 0 Å². The van der Waals surface area contributed by atoms with Gasteiger partial charge in [-0.25, -0.2) is 0 Å². The van der Waals surface area contributed by atoms with Crippen LogP contribution in [0.25, 0.3) is 0 Å². The van der Waals surface area contributed by atoms with Crippen molar-refractivity contribution in [2.24, 2.45) is 0 Å². The van der Waals surface area contributed by atoms with E-state index in [1.807, 2.05) is 0 Å². The fourth-order valence-electron chi connectivity index (χ4n) is 3.12. The van der Waals surface area contributed by atoms with Gasteiger partial charge in [0.1, 0.15) is 0 Å². The van der Waals surface area contributed by atoms with Gasteiger partial charge in [-0.05, 0) is 49.4 Å². The third-order valence-electron chi connectivity index (χ3n) is 4.27. The lowest BCUT2D eigenvalue weighted by Gasteiger charge is -2.05. The van der Waals surface area contributed by atoms with E-state index in [2.05, 4.69) is 39.0 Å². The van der Waals surface area contributed by atoms with E-state index in [-0.39, 0.29) is 0 Å². The summed E-state index contributed by atoms with van der Waals surface area (Å²) >= 11 is 0. The molecule has 0 heterocycles. The lowest BCUT2D eigenvalue weighted by atomic mass is 10.0. The molecule has 0 N–H and O–H groups in total. The van der Waals surface area contributed by atoms with Crippen molar-refractivity contribution in [1.82, 2.24) is 0 Å². The molecule has 0 bridgehead atoms. The first-order chi connectivity index (χ1) is 10.2. The van der Waals surface area contributed by atoms with Crippen LogP contribution in [-0.4, -0.2) is 0 Å². The molecule has 1 aromatic carbocycles. The van der Waals surface area contributed by atoms with Gasteiger partial charge in [-0.15, -0.1) is 0 Å². The monoisotopic (exact) mass is 287 g/mol. The zero-order valence-electron chi connectivity index (χ0n) is 14.6. The molecule has 0 aromatic heterocycles. The van der Waals surface area contributed by atoms with Crippen molar-refractivity contribution in [3.05, 3.63) is 34.9 Å². The van der Waals surface area contributed by atoms with Crippen molar-refractivity contribution in [3.63, 3.8) is 0 Å². The van der Waals surface area contributed by atoms with Gasteiger partial charge in [0, 0.05) is 0 Å². The fraction of sp³-hybridized carbons (Fsp3) is 0.714. The van der Waals surface area contributed by atoms with E-state index in [0.717, 1.165) is 0 Å². The Morgan fingerprint density at radius 3 is 1.57 bits per heavy atom. The summed E-state index contributed by atoms with van der Waals surface area (Å²) in [5, 5.41) is 0. The minimum absolute atomic E-state index is 1.24. The third kappa shape index (κ3) is 9.72. The van der Waals surface area contributed by atoms with Crippen molar-refractivity contribution in [3.8, 4) is 0 Å². The van der Waals surface area contributed by atoms with Crippen LogP contribution in [0.2, 0.25) is 0 Å². The van der Waals surface area contributed by atoms with Crippen molar-refractivity contribution >= 4 is 0 Å². The highest BCUT2D eigenvalue weighted by Crippen LogP contribution is 2.14. The quantitative estimate of drug-likeness (QED) is 0.365. The van der Waals surface area contributed by atoms with Crippen molar-refractivity contribution < 1.29 is 0 Å². The number of rotatable bonds is 12. The molecule has 1 rings (SSSR count). The molecule has 0 saturated carbocycles. The van der Waals surface area contributed by atoms with Crippen LogP contribution in [0.15, 0.2) is 12.1 Å². The maximum Gasteiger partial charge on any atom is -0.0120 e. The summed E-state index contributed by atoms with van der Waals surface area (Å²) in [4.78, 5) is 0. The first-order valence-corrected chi connectivity index (χ1v) is 9.22. The Morgan fingerprint density at radius 2 is 1.10 bits per heavy atom. The van der Waals surface area contributed by atoms with Crippen LogP contribution in [0.1, 0.15) is 94.2 Å². The van der Waals surface area contributed by atoms with Crippen LogP contribution in [-0.2, 0) is 6.42 Å². The van der Waals surface area contributed by atoms with Gasteiger partial charge < -0.3 is 0 Å². The lowest BCUT2D eigenvalue weighted by Crippen LogP contribution is -1.89. The highest BCUT2D eigenvalue weighted by molar-refractivity contribution is 5.27. The Kier molecular flexibility index (Phi) is 10.3. The first-order valence-electron chi connectivity index (χ1n) is 9.22. The highest BCUT2D eigenvalue weighted by atomic mass is 14.0. The summed E-state index contributed by atoms with van der Waals surface area (Å²) in [6.45, 7) is 6.59. The Balaban J connectivity index is 1.93. The molecule has 0 nitrogen and oxygen atoms in total. The fourth-order valence-corrected chi connectivity index (χ4v) is 3.12. The predicted octanol–water partition coefficient (Wildman–Crippen LogP) is 6.96. The molecule has 21 heavy (non-hydrogen) atoms. The average molecular weight is 288 g/mol. The Labute approximate surface area is 133 Å². The summed E-state index contributed by atoms with van der Waals surface area (Å²) in [5.74, 6) is 0. The normalized spacial score (nSPS) is 11.0. The van der Waals surface area contributed by atoms with E-state index in [1.54, 1.807) is 0 Å². The van der Waals surface area contributed by atoms with Gasteiger partial charge in [0.05, 0.1) is 0 Å². The molecule has 0 fully saturated rings. The standard InChI is InChI=1S/C21H35/c1-4-5-6-7-8-9-10-11-12-13-14-15-21-17-19(2)16-20(3)18-21/h17-18H,4-15H2,1-3H3. The van der Waals surface area contributed by atoms with Gasteiger partial charge >= 0.3 is 0 Å². The van der Waals surface area contributed by atoms with E-state index in [9.17, 15) is 0 Å². The maximum absolute atomic E-state index is 3.35. The van der Waals surface area contributed by atoms with E-state index >= 15 is 0 Å². The molecular formula is C21H35. The van der Waals surface area contributed by atoms with Crippen LogP contribution in [0, 0.1) is 19.9 Å². The molecule has 0 unspecified atom stereocenters. The smallest absolute Gasteiger partial charge is 0.0120 e. The number of aryl methyl sites for hydroxylation is 3. The molecule has 1 aromatic rings. The number of benzene rings is 1. The summed E-state index contributed by atoms with van der Waals surface area (Å²) in [7, 11) is 0. The minimum Gasteiger partial charge on any atom is -0.0654 e. The largest absolute Gasteiger partial charge is 0.0654 e. The molecule has 0 spiro atoms. The predicted molar refractivity (Wildman–Crippen MR) is 94.9 cm³/mol. The van der Waals surface area contributed by atoms with E-state index < -0.39 is 0 Å². The zero-order chi connectivity index (χ0) is 15.3. The molecule has 119 valence electrons. The van der Waals surface area contributed by atoms with Gasteiger partial charge in [0.25, 0.3) is 0 Å². The topological polar surface area (TPSA) is 0 Å². The maximum atomic E-state index is 3.35. The van der Waals surface area contributed by atoms with E-state index in [4.69, 9.17) is 0 Å². The van der Waals surface area contributed by atoms with E-state index in [1.165, 1.54) is 93.7 Å². The third-order valence-corrected chi connectivity index (χ3v) is 4.27. The van der Waals surface area contributed by atoms with Crippen LogP contribution in [0.4, 0.5) is 0 Å². The minimum atomic E-state index is 1.24. The summed E-state index contributed by atoms with van der Waals surface area (Å²) in [6, 6.07) is 7.94. The number of hydrogen-bond donors (Lipinski definition) is 0. The first kappa shape index (κ1) is 18.3. The molecule has 0 saturated heterocycles. The second kappa shape index (κ2) is 11.8. The molecular weight excluding hydrogens is 252 g/mol. The number of unbranched alkanes of at least 4 members (excludes halogenated alkanes) is 10. The summed E-state index contributed by atoms with van der Waals surface area (Å²) in [6.07, 6.45) is 16.9. The Hall–Kier alpha value is -0.780. The zero-order valence-corrected chi connectivity index (χ0v) is 14.6. The summed E-state index contributed by atoms with van der Waals surface area (Å²) < 4.78 is 0. The lowest BCUT2D eigenvalue weighted by molar-refractivity contribution is 0.549. The Morgan fingerprint density at radius 1 is 0.667 bits per heavy atom. The number of hydrogen-bond acceptors (Lipinski definition) is 0. The van der Waals surface area contributed by atoms with Crippen LogP contribution < -0.4 is 0 Å². The molecule has 0 aliphatic heterocycles. The van der Waals surface area contributed by atoms with Crippen molar-refractivity contribution in [2.75, 3.05) is 0 Å². The van der Waals surface area contributed by atoms with Crippen LogP contribution >= 0.6 is 0 Å². The van der Waals surface area contributed by atoms with Gasteiger partial charge in [-0.2, -0.15) is 0 Å². The molecule has 0 aliphatic carbocycles. The van der Waals surface area contributed by atoms with Crippen LogP contribution in [0.3, 0.4) is 0 Å². The van der Waals surface area contributed by atoms with Crippen molar-refractivity contribution in [2.45, 2.75) is 97.8 Å². The van der Waals surface area contributed by atoms with Gasteiger partial charge in [-0.3, -0.25) is 0 Å². The summed E-state index contributed by atoms with van der Waals surface area (Å²) in [5.41, 5.74) is 4.07. The van der Waals surface area contributed by atoms with Crippen molar-refractivity contribution in [1.29, 1.82) is 0 Å². The van der Waals surface area contributed by atoms with Crippen LogP contribution in [0.5, 0.6) is 0 Å². The molecule has 0 amide bonds. The SMILES string of the molecule is CCCCCCCCCCCCCc1cc(C)[c]c(C)c1. The molecule has 0 atom stereocenters. The molecule has 0 heteroatoms. The van der Waals surface area contributed by atoms with Gasteiger partial charge in [0.2, 0.25) is 0 Å².